The summed E-state index contributed by atoms with van der Waals surface area (Å²) in [5, 5.41) is 75.6. The van der Waals surface area contributed by atoms with Gasteiger partial charge in [0.05, 0.1) is 25.4 Å². The standard InChI is InChI=1S/C54H97NO10/c1-3-5-7-9-11-13-15-17-18-19-20-21-22-23-24-25-26-27-28-29-30-32-33-35-37-39-41-46(57)49(59)45(44-64-54-52(62)51(61)50(60)48(43-56)65-54)55-53(63)47(58)42-40-38-36-34-31-16-14-12-10-8-6-4-2/h24-25,28-29,31,33-35,38,40,45-52,54,56-62H,3-23,26-27,30,32,36-37,39,41-44H2,1-2H3,(H,55,63)/b25-24+,29-28+,34-31-,35-33+,40-38-. The van der Waals surface area contributed by atoms with Gasteiger partial charge in [-0.3, -0.25) is 4.79 Å². The van der Waals surface area contributed by atoms with Crippen LogP contribution in [0.4, 0.5) is 0 Å². The fraction of sp³-hybridized carbons (Fsp3) is 0.796. The number of hydrogen-bond acceptors (Lipinski definition) is 10. The summed E-state index contributed by atoms with van der Waals surface area (Å²) in [6.07, 6.45) is 43.1. The van der Waals surface area contributed by atoms with Crippen molar-refractivity contribution in [2.45, 2.75) is 262 Å². The van der Waals surface area contributed by atoms with Gasteiger partial charge in [0.1, 0.15) is 36.6 Å². The second-order valence-corrected chi connectivity index (χ2v) is 18.2. The summed E-state index contributed by atoms with van der Waals surface area (Å²) in [6.45, 7) is 3.37. The van der Waals surface area contributed by atoms with Crippen molar-refractivity contribution >= 4 is 5.91 Å². The number of ether oxygens (including phenoxy) is 2. The number of aliphatic hydroxyl groups excluding tert-OH is 7. The van der Waals surface area contributed by atoms with Crippen LogP contribution in [0.3, 0.4) is 0 Å². The maximum absolute atomic E-state index is 13.0. The quantitative estimate of drug-likeness (QED) is 0.0216. The van der Waals surface area contributed by atoms with Gasteiger partial charge in [0, 0.05) is 6.42 Å². The third kappa shape index (κ3) is 32.2. The van der Waals surface area contributed by atoms with Gasteiger partial charge in [-0.15, -0.1) is 0 Å². The zero-order chi connectivity index (χ0) is 47.6. The minimum atomic E-state index is -1.69. The molecule has 0 saturated carbocycles. The first kappa shape index (κ1) is 60.8. The molecule has 1 rings (SSSR count). The number of carbonyl (C=O) groups excluding carboxylic acids is 1. The zero-order valence-electron chi connectivity index (χ0n) is 41.0. The van der Waals surface area contributed by atoms with Gasteiger partial charge in [-0.05, 0) is 77.0 Å². The monoisotopic (exact) mass is 920 g/mol. The van der Waals surface area contributed by atoms with Gasteiger partial charge in [0.2, 0.25) is 5.91 Å². The SMILES string of the molecule is CCCCCCCC/C=C\C/C=C\CC(O)C(=O)NC(COC1OC(CO)C(O)C(O)C1O)C(O)C(O)CCC/C=C/CC/C=C/CC/C=C/CCCCCCCCCCCCCCC. The number of hydrogen-bond donors (Lipinski definition) is 8. The van der Waals surface area contributed by atoms with E-state index in [1.54, 1.807) is 6.08 Å². The van der Waals surface area contributed by atoms with Crippen molar-refractivity contribution in [3.63, 3.8) is 0 Å². The molecule has 1 saturated heterocycles. The molecule has 1 aliphatic rings. The van der Waals surface area contributed by atoms with Crippen molar-refractivity contribution in [1.29, 1.82) is 0 Å². The van der Waals surface area contributed by atoms with Crippen LogP contribution in [0.25, 0.3) is 0 Å². The van der Waals surface area contributed by atoms with Gasteiger partial charge in [-0.2, -0.15) is 0 Å². The van der Waals surface area contributed by atoms with Gasteiger partial charge < -0.3 is 50.5 Å². The minimum Gasteiger partial charge on any atom is -0.394 e. The third-order valence-corrected chi connectivity index (χ3v) is 12.3. The van der Waals surface area contributed by atoms with E-state index in [4.69, 9.17) is 9.47 Å². The maximum Gasteiger partial charge on any atom is 0.249 e. The van der Waals surface area contributed by atoms with Crippen molar-refractivity contribution in [2.75, 3.05) is 13.2 Å². The number of rotatable bonds is 43. The molecule has 0 aromatic carbocycles. The second-order valence-electron chi connectivity index (χ2n) is 18.2. The molecule has 9 atom stereocenters. The summed E-state index contributed by atoms with van der Waals surface area (Å²) >= 11 is 0. The smallest absolute Gasteiger partial charge is 0.249 e. The van der Waals surface area contributed by atoms with Gasteiger partial charge in [0.15, 0.2) is 6.29 Å². The van der Waals surface area contributed by atoms with E-state index in [0.29, 0.717) is 19.3 Å². The average molecular weight is 920 g/mol. The van der Waals surface area contributed by atoms with E-state index >= 15 is 0 Å². The molecule has 0 radical (unpaired) electrons. The van der Waals surface area contributed by atoms with Gasteiger partial charge in [-0.1, -0.05) is 184 Å². The van der Waals surface area contributed by atoms with E-state index in [-0.39, 0.29) is 12.8 Å². The lowest BCUT2D eigenvalue weighted by molar-refractivity contribution is -0.303. The molecule has 65 heavy (non-hydrogen) atoms. The molecule has 1 heterocycles. The van der Waals surface area contributed by atoms with Crippen LogP contribution in [-0.2, 0) is 14.3 Å². The molecule has 0 aromatic rings. The largest absolute Gasteiger partial charge is 0.394 e. The minimum absolute atomic E-state index is 0.0368. The van der Waals surface area contributed by atoms with Gasteiger partial charge in [0.25, 0.3) is 0 Å². The van der Waals surface area contributed by atoms with E-state index in [1.807, 2.05) is 6.08 Å². The highest BCUT2D eigenvalue weighted by Gasteiger charge is 2.44. The van der Waals surface area contributed by atoms with E-state index < -0.39 is 74.2 Å². The van der Waals surface area contributed by atoms with Gasteiger partial charge in [-0.25, -0.2) is 0 Å². The first-order chi connectivity index (χ1) is 31.7. The van der Waals surface area contributed by atoms with Crippen LogP contribution in [0.1, 0.15) is 206 Å². The molecule has 1 amide bonds. The molecule has 8 N–H and O–H groups in total. The van der Waals surface area contributed by atoms with Crippen LogP contribution in [0.2, 0.25) is 0 Å². The molecule has 1 fully saturated rings. The predicted octanol–water partition coefficient (Wildman–Crippen LogP) is 9.89. The summed E-state index contributed by atoms with van der Waals surface area (Å²) in [6, 6.07) is -1.23. The Kier molecular flexibility index (Phi) is 40.3. The van der Waals surface area contributed by atoms with Crippen LogP contribution in [0.5, 0.6) is 0 Å². The lowest BCUT2D eigenvalue weighted by atomic mass is 9.99. The van der Waals surface area contributed by atoms with Crippen LogP contribution in [0, 0.1) is 0 Å². The Hall–Kier alpha value is -2.19. The highest BCUT2D eigenvalue weighted by atomic mass is 16.7. The third-order valence-electron chi connectivity index (χ3n) is 12.3. The van der Waals surface area contributed by atoms with Crippen molar-refractivity contribution in [2.24, 2.45) is 0 Å². The second kappa shape index (κ2) is 43.1. The van der Waals surface area contributed by atoms with Crippen LogP contribution in [-0.4, -0.2) is 110 Å². The summed E-state index contributed by atoms with van der Waals surface area (Å²) in [5.41, 5.74) is 0. The van der Waals surface area contributed by atoms with Crippen molar-refractivity contribution in [3.05, 3.63) is 60.8 Å². The van der Waals surface area contributed by atoms with E-state index in [9.17, 15) is 40.5 Å². The average Bonchev–Trinajstić information content (AvgIpc) is 3.31. The first-order valence-electron chi connectivity index (χ1n) is 26.2. The zero-order valence-corrected chi connectivity index (χ0v) is 41.0. The number of unbranched alkanes of at least 4 members (excludes halogenated alkanes) is 22. The molecule has 1 aliphatic heterocycles. The van der Waals surface area contributed by atoms with E-state index in [0.717, 1.165) is 38.5 Å². The Morgan fingerprint density at radius 2 is 0.985 bits per heavy atom. The van der Waals surface area contributed by atoms with Crippen molar-refractivity contribution in [3.8, 4) is 0 Å². The fourth-order valence-electron chi connectivity index (χ4n) is 7.93. The molecule has 0 bridgehead atoms. The van der Waals surface area contributed by atoms with Crippen LogP contribution >= 0.6 is 0 Å². The molecule has 0 aliphatic carbocycles. The lowest BCUT2D eigenvalue weighted by Gasteiger charge is -2.40. The molecule has 9 unspecified atom stereocenters. The summed E-state index contributed by atoms with van der Waals surface area (Å²) in [7, 11) is 0. The maximum atomic E-state index is 13.0. The number of carbonyl (C=O) groups is 1. The molecule has 0 spiro atoms. The summed E-state index contributed by atoms with van der Waals surface area (Å²) in [5.74, 6) is -0.782. The number of allylic oxidation sites excluding steroid dienone is 9. The normalized spacial score (nSPS) is 21.4. The fourth-order valence-corrected chi connectivity index (χ4v) is 7.93. The summed E-state index contributed by atoms with van der Waals surface area (Å²) < 4.78 is 11.1. The first-order valence-corrected chi connectivity index (χ1v) is 26.2. The van der Waals surface area contributed by atoms with Crippen LogP contribution in [0.15, 0.2) is 60.8 Å². The number of aliphatic hydroxyl groups is 7. The predicted molar refractivity (Wildman–Crippen MR) is 265 cm³/mol. The van der Waals surface area contributed by atoms with Crippen LogP contribution < -0.4 is 5.32 Å². The Labute approximate surface area is 395 Å². The van der Waals surface area contributed by atoms with Gasteiger partial charge >= 0.3 is 0 Å². The topological polar surface area (TPSA) is 189 Å². The molecule has 11 heteroatoms. The summed E-state index contributed by atoms with van der Waals surface area (Å²) in [4.78, 5) is 13.0. The number of nitrogens with one attached hydrogen (secondary N) is 1. The Bertz CT molecular complexity index is 1240. The van der Waals surface area contributed by atoms with E-state index in [1.165, 1.54) is 122 Å². The Balaban J connectivity index is 2.40. The molecule has 378 valence electrons. The van der Waals surface area contributed by atoms with E-state index in [2.05, 4.69) is 67.8 Å². The number of amides is 1. The van der Waals surface area contributed by atoms with Crippen molar-refractivity contribution in [1.82, 2.24) is 5.32 Å². The highest BCUT2D eigenvalue weighted by molar-refractivity contribution is 5.81. The molecule has 0 aromatic heterocycles. The molecular formula is C54H97NO10. The Morgan fingerprint density at radius 1 is 0.554 bits per heavy atom. The van der Waals surface area contributed by atoms with Crippen molar-refractivity contribution < 1.29 is 50.0 Å². The molecular weight excluding hydrogens is 823 g/mol. The molecule has 11 nitrogen and oxygen atoms in total. The Morgan fingerprint density at radius 3 is 1.48 bits per heavy atom. The lowest BCUT2D eigenvalue weighted by Crippen LogP contribution is -2.60. The highest BCUT2D eigenvalue weighted by Crippen LogP contribution is 2.23.